The zero-order chi connectivity index (χ0) is 29.3. The molecule has 41 heavy (non-hydrogen) atoms. The Morgan fingerprint density at radius 3 is 2.56 bits per heavy atom. The molecule has 3 aromatic heterocycles. The Bertz CT molecular complexity index is 1610. The number of nitrogen functional groups attached to an aromatic ring is 1. The standard InChI is InChI=1S/C28H27F3N6O4/c1-2-41-20-13-17(26(38)35-21-14-18(9-10-33-21)28(29,30)31)7-8-19(20)22-23-24(32)34-11-12-37(23)25(36-22)15-3-5-16(6-4-15)27(39)40/h7-16H,2-6H2,1H3,(H2,32,34)(H,39,40)(H,33,35,38). The molecule has 13 heteroatoms. The van der Waals surface area contributed by atoms with Gasteiger partial charge < -0.3 is 20.9 Å². The van der Waals surface area contributed by atoms with Gasteiger partial charge in [0.25, 0.3) is 5.91 Å². The van der Waals surface area contributed by atoms with Crippen LogP contribution >= 0.6 is 0 Å². The Labute approximate surface area is 232 Å². The number of anilines is 2. The summed E-state index contributed by atoms with van der Waals surface area (Å²) < 4.78 is 47.0. The number of nitrogens with one attached hydrogen (secondary N) is 1. The molecule has 1 fully saturated rings. The number of amides is 1. The van der Waals surface area contributed by atoms with Crippen LogP contribution in [-0.4, -0.2) is 42.9 Å². The number of carboxylic acids is 1. The second-order valence-corrected chi connectivity index (χ2v) is 9.76. The smallest absolute Gasteiger partial charge is 0.416 e. The Morgan fingerprint density at radius 1 is 1.12 bits per heavy atom. The minimum atomic E-state index is -4.58. The maximum Gasteiger partial charge on any atom is 0.416 e. The van der Waals surface area contributed by atoms with Gasteiger partial charge in [-0.05, 0) is 62.9 Å². The largest absolute Gasteiger partial charge is 0.493 e. The maximum absolute atomic E-state index is 13.1. The highest BCUT2D eigenvalue weighted by Crippen LogP contribution is 2.41. The van der Waals surface area contributed by atoms with Crippen LogP contribution in [0, 0.1) is 5.92 Å². The van der Waals surface area contributed by atoms with Gasteiger partial charge in [-0.1, -0.05) is 0 Å². The van der Waals surface area contributed by atoms with Crippen molar-refractivity contribution in [2.75, 3.05) is 17.7 Å². The van der Waals surface area contributed by atoms with E-state index in [1.54, 1.807) is 25.4 Å². The van der Waals surface area contributed by atoms with Gasteiger partial charge in [-0.3, -0.25) is 14.0 Å². The first kappa shape index (κ1) is 27.9. The lowest BCUT2D eigenvalue weighted by atomic mass is 9.81. The Hall–Kier alpha value is -4.68. The quantitative estimate of drug-likeness (QED) is 0.269. The van der Waals surface area contributed by atoms with Crippen LogP contribution in [-0.2, 0) is 11.0 Å². The summed E-state index contributed by atoms with van der Waals surface area (Å²) in [6.07, 6.45) is 2.10. The first-order valence-electron chi connectivity index (χ1n) is 13.0. The fourth-order valence-corrected chi connectivity index (χ4v) is 5.16. The van der Waals surface area contributed by atoms with Crippen molar-refractivity contribution in [3.05, 3.63) is 65.9 Å². The third-order valence-corrected chi connectivity index (χ3v) is 7.18. The summed E-state index contributed by atoms with van der Waals surface area (Å²) in [5.74, 6) is -0.786. The fourth-order valence-electron chi connectivity index (χ4n) is 5.16. The predicted octanol–water partition coefficient (Wildman–Crippen LogP) is 5.40. The molecule has 3 heterocycles. The summed E-state index contributed by atoms with van der Waals surface area (Å²) in [5, 5.41) is 11.8. The van der Waals surface area contributed by atoms with E-state index in [0.717, 1.165) is 24.2 Å². The molecule has 4 N–H and O–H groups in total. The average molecular weight is 569 g/mol. The second kappa shape index (κ2) is 11.1. The van der Waals surface area contributed by atoms with Crippen LogP contribution in [0.2, 0.25) is 0 Å². The molecule has 0 atom stereocenters. The van der Waals surface area contributed by atoms with Crippen LogP contribution < -0.4 is 15.8 Å². The molecule has 4 aromatic rings. The van der Waals surface area contributed by atoms with Crippen molar-refractivity contribution in [1.29, 1.82) is 0 Å². The van der Waals surface area contributed by atoms with Gasteiger partial charge in [0.15, 0.2) is 0 Å². The molecule has 214 valence electrons. The number of alkyl halides is 3. The highest BCUT2D eigenvalue weighted by Gasteiger charge is 2.32. The minimum Gasteiger partial charge on any atom is -0.493 e. The topological polar surface area (TPSA) is 145 Å². The van der Waals surface area contributed by atoms with E-state index in [9.17, 15) is 27.9 Å². The van der Waals surface area contributed by atoms with Crippen molar-refractivity contribution in [2.24, 2.45) is 5.92 Å². The van der Waals surface area contributed by atoms with Crippen molar-refractivity contribution < 1.29 is 32.6 Å². The van der Waals surface area contributed by atoms with Crippen LogP contribution in [0.5, 0.6) is 5.75 Å². The Morgan fingerprint density at radius 2 is 1.88 bits per heavy atom. The van der Waals surface area contributed by atoms with E-state index in [2.05, 4.69) is 15.3 Å². The van der Waals surface area contributed by atoms with Gasteiger partial charge in [0.05, 0.1) is 18.1 Å². The summed E-state index contributed by atoms with van der Waals surface area (Å²) in [5.41, 5.74) is 7.08. The van der Waals surface area contributed by atoms with E-state index in [1.807, 2.05) is 4.40 Å². The van der Waals surface area contributed by atoms with E-state index in [1.165, 1.54) is 12.1 Å². The van der Waals surface area contributed by atoms with Crippen LogP contribution in [0.15, 0.2) is 48.9 Å². The number of carbonyl (C=O) groups is 2. The summed E-state index contributed by atoms with van der Waals surface area (Å²) in [7, 11) is 0. The lowest BCUT2D eigenvalue weighted by Crippen LogP contribution is -2.21. The van der Waals surface area contributed by atoms with E-state index >= 15 is 0 Å². The number of carboxylic acid groups (broad SMARTS) is 1. The van der Waals surface area contributed by atoms with Crippen molar-refractivity contribution in [3.63, 3.8) is 0 Å². The highest BCUT2D eigenvalue weighted by molar-refractivity contribution is 6.04. The van der Waals surface area contributed by atoms with Gasteiger partial charge in [0.1, 0.15) is 34.4 Å². The number of benzene rings is 1. The minimum absolute atomic E-state index is 0.00852. The van der Waals surface area contributed by atoms with Gasteiger partial charge >= 0.3 is 12.1 Å². The summed E-state index contributed by atoms with van der Waals surface area (Å²) in [4.78, 5) is 37.4. The molecule has 10 nitrogen and oxygen atoms in total. The van der Waals surface area contributed by atoms with E-state index in [-0.39, 0.29) is 35.6 Å². The number of imidazole rings is 1. The van der Waals surface area contributed by atoms with Crippen molar-refractivity contribution in [2.45, 2.75) is 44.7 Å². The number of pyridine rings is 1. The maximum atomic E-state index is 13.1. The number of fused-ring (bicyclic) bond motifs is 1. The zero-order valence-corrected chi connectivity index (χ0v) is 22.0. The summed E-state index contributed by atoms with van der Waals surface area (Å²) >= 11 is 0. The van der Waals surface area contributed by atoms with Gasteiger partial charge in [0, 0.05) is 35.6 Å². The fraction of sp³-hybridized carbons (Fsp3) is 0.321. The van der Waals surface area contributed by atoms with Crippen molar-refractivity contribution >= 4 is 29.0 Å². The Kier molecular flexibility index (Phi) is 7.52. The molecular weight excluding hydrogens is 541 g/mol. The molecule has 1 aromatic carbocycles. The molecule has 1 amide bonds. The molecule has 0 unspecified atom stereocenters. The van der Waals surface area contributed by atoms with E-state index < -0.39 is 23.6 Å². The summed E-state index contributed by atoms with van der Waals surface area (Å²) in [6.45, 7) is 2.04. The van der Waals surface area contributed by atoms with E-state index in [0.29, 0.717) is 48.2 Å². The summed E-state index contributed by atoms with van der Waals surface area (Å²) in [6, 6.07) is 6.21. The zero-order valence-electron chi connectivity index (χ0n) is 22.0. The first-order chi connectivity index (χ1) is 19.6. The van der Waals surface area contributed by atoms with Crippen molar-refractivity contribution in [1.82, 2.24) is 19.4 Å². The number of nitrogens with two attached hydrogens (primary N) is 1. The normalized spacial score (nSPS) is 17.4. The third-order valence-electron chi connectivity index (χ3n) is 7.18. The third kappa shape index (κ3) is 5.65. The number of aliphatic carboxylic acids is 1. The molecule has 0 radical (unpaired) electrons. The molecule has 0 bridgehead atoms. The molecule has 1 saturated carbocycles. The number of hydrogen-bond donors (Lipinski definition) is 3. The van der Waals surface area contributed by atoms with Crippen LogP contribution in [0.4, 0.5) is 24.8 Å². The van der Waals surface area contributed by atoms with Crippen LogP contribution in [0.3, 0.4) is 0 Å². The lowest BCUT2D eigenvalue weighted by Gasteiger charge is -2.25. The average Bonchev–Trinajstić information content (AvgIpc) is 3.34. The number of halogens is 3. The Balaban J connectivity index is 1.50. The molecule has 1 aliphatic rings. The molecule has 0 spiro atoms. The monoisotopic (exact) mass is 568 g/mol. The molecular formula is C28H27F3N6O4. The molecule has 0 saturated heterocycles. The van der Waals surface area contributed by atoms with Crippen molar-refractivity contribution in [3.8, 4) is 17.0 Å². The molecule has 1 aliphatic carbocycles. The van der Waals surface area contributed by atoms with Crippen LogP contribution in [0.25, 0.3) is 16.8 Å². The number of carbonyl (C=O) groups excluding carboxylic acids is 1. The first-order valence-corrected chi connectivity index (χ1v) is 13.0. The lowest BCUT2D eigenvalue weighted by molar-refractivity contribution is -0.143. The highest BCUT2D eigenvalue weighted by atomic mass is 19.4. The molecule has 5 rings (SSSR count). The SMILES string of the molecule is CCOc1cc(C(=O)Nc2cc(C(F)(F)F)ccn2)ccc1-c1nc(C2CCC(C(=O)O)CC2)n2ccnc(N)c12. The number of nitrogens with zero attached hydrogens (tertiary/aromatic N) is 4. The number of aromatic nitrogens is 4. The predicted molar refractivity (Wildman–Crippen MR) is 144 cm³/mol. The number of rotatable bonds is 7. The van der Waals surface area contributed by atoms with Gasteiger partial charge in [-0.15, -0.1) is 0 Å². The molecule has 0 aliphatic heterocycles. The number of ether oxygens (including phenoxy) is 1. The second-order valence-electron chi connectivity index (χ2n) is 9.76. The van der Waals surface area contributed by atoms with Gasteiger partial charge in [-0.25, -0.2) is 15.0 Å². The van der Waals surface area contributed by atoms with Crippen LogP contribution in [0.1, 0.15) is 60.3 Å². The number of hydrogen-bond acceptors (Lipinski definition) is 7. The van der Waals surface area contributed by atoms with E-state index in [4.69, 9.17) is 15.5 Å². The van der Waals surface area contributed by atoms with Gasteiger partial charge in [0.2, 0.25) is 0 Å². The van der Waals surface area contributed by atoms with Gasteiger partial charge in [-0.2, -0.15) is 13.2 Å².